The van der Waals surface area contributed by atoms with Crippen LogP contribution in [0.1, 0.15) is 0 Å². The highest BCUT2D eigenvalue weighted by Crippen LogP contribution is 2.35. The molecule has 0 radical (unpaired) electrons. The van der Waals surface area contributed by atoms with Gasteiger partial charge in [-0.1, -0.05) is 0 Å². The van der Waals surface area contributed by atoms with Crippen LogP contribution in [0.4, 0.5) is 17.2 Å². The van der Waals surface area contributed by atoms with Crippen LogP contribution in [0.2, 0.25) is 0 Å². The second-order valence-corrected chi connectivity index (χ2v) is 7.51. The molecule has 1 aromatic carbocycles. The number of nitrogens with one attached hydrogen (secondary N) is 3. The van der Waals surface area contributed by atoms with Crippen molar-refractivity contribution in [2.45, 2.75) is 4.90 Å². The molecule has 9 heteroatoms. The molecule has 0 saturated heterocycles. The number of benzene rings is 1. The summed E-state index contributed by atoms with van der Waals surface area (Å²) in [5.74, 6) is 1.75. The molecule has 128 valence electrons. The van der Waals surface area contributed by atoms with Crippen molar-refractivity contribution in [1.82, 2.24) is 20.2 Å². The van der Waals surface area contributed by atoms with Gasteiger partial charge >= 0.3 is 0 Å². The molecule has 0 fully saturated rings. The largest absolute Gasteiger partial charge is 0.338 e. The average molecular weight is 380 g/mol. The van der Waals surface area contributed by atoms with E-state index in [4.69, 9.17) is 0 Å². The van der Waals surface area contributed by atoms with Gasteiger partial charge in [0.25, 0.3) is 0 Å². The van der Waals surface area contributed by atoms with Crippen molar-refractivity contribution in [3.8, 4) is 11.4 Å². The highest BCUT2D eigenvalue weighted by atomic mass is 32.2. The van der Waals surface area contributed by atoms with Gasteiger partial charge in [0.1, 0.15) is 11.0 Å². The number of H-pyrrole nitrogens is 1. The summed E-state index contributed by atoms with van der Waals surface area (Å²) in [6, 6.07) is 7.86. The number of thioether (sulfide) groups is 1. The van der Waals surface area contributed by atoms with Gasteiger partial charge in [-0.15, -0.1) is 11.8 Å². The Bertz CT molecular complexity index is 1120. The molecule has 1 aliphatic rings. The fourth-order valence-corrected chi connectivity index (χ4v) is 4.17. The first-order valence-corrected chi connectivity index (χ1v) is 9.76. The molecule has 3 aromatic heterocycles. The molecule has 1 amide bonds. The van der Waals surface area contributed by atoms with Crippen LogP contribution in [0.15, 0.2) is 46.1 Å². The van der Waals surface area contributed by atoms with Crippen LogP contribution in [0.25, 0.3) is 22.4 Å². The van der Waals surface area contributed by atoms with E-state index in [1.165, 1.54) is 11.8 Å². The van der Waals surface area contributed by atoms with Gasteiger partial charge in [-0.2, -0.15) is 16.4 Å². The summed E-state index contributed by atoms with van der Waals surface area (Å²) in [6.45, 7) is 0. The highest BCUT2D eigenvalue weighted by Gasteiger charge is 2.17. The quantitative estimate of drug-likeness (QED) is 0.499. The van der Waals surface area contributed by atoms with Crippen LogP contribution in [0.5, 0.6) is 0 Å². The Morgan fingerprint density at radius 1 is 1.19 bits per heavy atom. The van der Waals surface area contributed by atoms with E-state index in [2.05, 4.69) is 30.8 Å². The van der Waals surface area contributed by atoms with Crippen molar-refractivity contribution in [1.29, 1.82) is 0 Å². The molecule has 0 saturated carbocycles. The number of aromatic nitrogens is 4. The van der Waals surface area contributed by atoms with E-state index in [1.807, 2.05) is 35.0 Å². The minimum absolute atomic E-state index is 0.0115. The molecule has 0 aliphatic carbocycles. The van der Waals surface area contributed by atoms with Crippen molar-refractivity contribution in [3.63, 3.8) is 0 Å². The first-order valence-electron chi connectivity index (χ1n) is 7.84. The monoisotopic (exact) mass is 380 g/mol. The molecule has 7 nitrogen and oxygen atoms in total. The number of fused-ring (bicyclic) bond motifs is 2. The van der Waals surface area contributed by atoms with Crippen LogP contribution < -0.4 is 10.6 Å². The number of rotatable bonds is 3. The molecule has 1 aliphatic heterocycles. The standard InChI is InChI=1S/C17H12N6OS2/c24-14-8-26-13-2-1-10(5-11(13)20-14)19-17-15-12(6-18-23-15)21-16(22-17)9-3-4-25-7-9/h1-7H,8H2,(H,18,23)(H,20,24)(H,19,21,22). The predicted octanol–water partition coefficient (Wildman–Crippen LogP) is 3.87. The second-order valence-electron chi connectivity index (χ2n) is 5.71. The Hall–Kier alpha value is -2.91. The van der Waals surface area contributed by atoms with Crippen molar-refractivity contribution in [3.05, 3.63) is 41.2 Å². The minimum atomic E-state index is 0.0115. The van der Waals surface area contributed by atoms with Gasteiger partial charge in [-0.25, -0.2) is 9.97 Å². The number of amides is 1. The number of aromatic amines is 1. The smallest absolute Gasteiger partial charge is 0.234 e. The number of hydrogen-bond acceptors (Lipinski definition) is 7. The Kier molecular flexibility index (Phi) is 3.61. The van der Waals surface area contributed by atoms with E-state index in [1.54, 1.807) is 17.5 Å². The summed E-state index contributed by atoms with van der Waals surface area (Å²) in [5, 5.41) is 17.2. The molecule has 4 heterocycles. The van der Waals surface area contributed by atoms with Crippen molar-refractivity contribution in [2.75, 3.05) is 16.4 Å². The molecule has 0 atom stereocenters. The zero-order valence-electron chi connectivity index (χ0n) is 13.3. The Balaban J connectivity index is 1.56. The summed E-state index contributed by atoms with van der Waals surface area (Å²) < 4.78 is 0. The van der Waals surface area contributed by atoms with Crippen LogP contribution in [0.3, 0.4) is 0 Å². The topological polar surface area (TPSA) is 95.6 Å². The maximum atomic E-state index is 11.6. The third-order valence-corrected chi connectivity index (χ3v) is 5.71. The molecular weight excluding hydrogens is 368 g/mol. The van der Waals surface area contributed by atoms with Crippen molar-refractivity contribution >= 4 is 57.2 Å². The van der Waals surface area contributed by atoms with Crippen LogP contribution in [-0.2, 0) is 4.79 Å². The van der Waals surface area contributed by atoms with Crippen molar-refractivity contribution < 1.29 is 4.79 Å². The van der Waals surface area contributed by atoms with Gasteiger partial charge in [-0.3, -0.25) is 9.89 Å². The molecule has 26 heavy (non-hydrogen) atoms. The molecular formula is C17H12N6OS2. The number of carbonyl (C=O) groups is 1. The van der Waals surface area contributed by atoms with Crippen LogP contribution >= 0.6 is 23.1 Å². The zero-order valence-corrected chi connectivity index (χ0v) is 14.9. The number of nitrogens with zero attached hydrogens (tertiary/aromatic N) is 3. The summed E-state index contributed by atoms with van der Waals surface area (Å²) in [5.41, 5.74) is 4.09. The van der Waals surface area contributed by atoms with E-state index in [0.717, 1.165) is 32.9 Å². The van der Waals surface area contributed by atoms with Crippen molar-refractivity contribution in [2.24, 2.45) is 0 Å². The first kappa shape index (κ1) is 15.4. The zero-order chi connectivity index (χ0) is 17.5. The van der Waals surface area contributed by atoms with E-state index >= 15 is 0 Å². The molecule has 4 aromatic rings. The first-order chi connectivity index (χ1) is 12.8. The lowest BCUT2D eigenvalue weighted by molar-refractivity contribution is -0.113. The fraction of sp³-hybridized carbons (Fsp3) is 0.0588. The lowest BCUT2D eigenvalue weighted by Crippen LogP contribution is -2.18. The summed E-state index contributed by atoms with van der Waals surface area (Å²) in [4.78, 5) is 21.9. The normalized spacial score (nSPS) is 13.5. The number of carbonyl (C=O) groups excluding carboxylic acids is 1. The highest BCUT2D eigenvalue weighted by molar-refractivity contribution is 8.00. The maximum Gasteiger partial charge on any atom is 0.234 e. The van der Waals surface area contributed by atoms with E-state index < -0.39 is 0 Å². The van der Waals surface area contributed by atoms with Gasteiger partial charge in [0, 0.05) is 21.5 Å². The predicted molar refractivity (Wildman–Crippen MR) is 104 cm³/mol. The summed E-state index contributed by atoms with van der Waals surface area (Å²) in [7, 11) is 0. The van der Waals surface area contributed by atoms with E-state index in [0.29, 0.717) is 17.4 Å². The van der Waals surface area contributed by atoms with Crippen LogP contribution in [0, 0.1) is 0 Å². The van der Waals surface area contributed by atoms with Crippen LogP contribution in [-0.4, -0.2) is 31.8 Å². The van der Waals surface area contributed by atoms with Gasteiger partial charge in [0.05, 0.1) is 17.6 Å². The molecule has 0 bridgehead atoms. The van der Waals surface area contributed by atoms with Gasteiger partial charge in [-0.05, 0) is 29.6 Å². The van der Waals surface area contributed by atoms with Gasteiger partial charge in [0.15, 0.2) is 11.6 Å². The van der Waals surface area contributed by atoms with E-state index in [-0.39, 0.29) is 5.91 Å². The molecule has 5 rings (SSSR count). The Labute approximate surface area is 156 Å². The maximum absolute atomic E-state index is 11.6. The Morgan fingerprint density at radius 3 is 3.04 bits per heavy atom. The van der Waals surface area contributed by atoms with E-state index in [9.17, 15) is 4.79 Å². The minimum Gasteiger partial charge on any atom is -0.338 e. The molecule has 0 spiro atoms. The lowest BCUT2D eigenvalue weighted by Gasteiger charge is -2.17. The Morgan fingerprint density at radius 2 is 2.15 bits per heavy atom. The third-order valence-electron chi connectivity index (χ3n) is 3.95. The van der Waals surface area contributed by atoms with Gasteiger partial charge < -0.3 is 10.6 Å². The third kappa shape index (κ3) is 2.71. The molecule has 0 unspecified atom stereocenters. The average Bonchev–Trinajstić information content (AvgIpc) is 3.33. The van der Waals surface area contributed by atoms with Gasteiger partial charge in [0.2, 0.25) is 5.91 Å². The number of hydrogen-bond donors (Lipinski definition) is 3. The fourth-order valence-electron chi connectivity index (χ4n) is 2.75. The summed E-state index contributed by atoms with van der Waals surface area (Å²) in [6.07, 6.45) is 1.68. The number of thiophene rings is 1. The number of anilines is 3. The molecule has 3 N–H and O–H groups in total. The lowest BCUT2D eigenvalue weighted by atomic mass is 10.2. The SMILES string of the molecule is O=C1CSc2ccc(Nc3nc(-c4ccsc4)nc4cn[nH]c34)cc2N1. The summed E-state index contributed by atoms with van der Waals surface area (Å²) >= 11 is 3.14. The second kappa shape index (κ2) is 6.11.